The fourth-order valence-corrected chi connectivity index (χ4v) is 4.31. The number of ether oxygens (including phenoxy) is 2. The van der Waals surface area contributed by atoms with Crippen LogP contribution in [0, 0.1) is 5.41 Å². The molecular weight excluding hydrogens is 324 g/mol. The topological polar surface area (TPSA) is 42.0 Å². The van der Waals surface area contributed by atoms with Gasteiger partial charge in [0.25, 0.3) is 0 Å². The lowest BCUT2D eigenvalue weighted by molar-refractivity contribution is -0.134. The molecule has 2 fully saturated rings. The van der Waals surface area contributed by atoms with E-state index in [-0.39, 0.29) is 18.6 Å². The Balaban J connectivity index is 1.38. The van der Waals surface area contributed by atoms with Crippen LogP contribution in [0.25, 0.3) is 0 Å². The molecule has 2 saturated heterocycles. The molecule has 2 aliphatic heterocycles. The maximum atomic E-state index is 11.5. The summed E-state index contributed by atoms with van der Waals surface area (Å²) in [7, 11) is 3.49. The summed E-state index contributed by atoms with van der Waals surface area (Å²) < 4.78 is 11.5. The molecule has 1 aromatic rings. The molecule has 0 aliphatic carbocycles. The van der Waals surface area contributed by atoms with E-state index in [9.17, 15) is 4.79 Å². The van der Waals surface area contributed by atoms with E-state index < -0.39 is 0 Å². The molecule has 1 spiro atoms. The highest BCUT2D eigenvalue weighted by Gasteiger charge is 2.42. The molecule has 0 radical (unpaired) electrons. The van der Waals surface area contributed by atoms with Gasteiger partial charge in [-0.25, -0.2) is 0 Å². The third-order valence-electron chi connectivity index (χ3n) is 5.19. The van der Waals surface area contributed by atoms with Crippen LogP contribution in [0.15, 0.2) is 17.5 Å². The van der Waals surface area contributed by atoms with Gasteiger partial charge in [-0.2, -0.15) is 0 Å². The lowest BCUT2D eigenvalue weighted by Gasteiger charge is -2.38. The number of carbonyl (C=O) groups excluding carboxylic acids is 1. The number of piperidine rings is 1. The van der Waals surface area contributed by atoms with Gasteiger partial charge in [0.1, 0.15) is 6.61 Å². The molecule has 1 atom stereocenters. The van der Waals surface area contributed by atoms with Crippen molar-refractivity contribution in [1.29, 1.82) is 0 Å². The third-order valence-corrected chi connectivity index (χ3v) is 6.05. The molecule has 0 aromatic carbocycles. The van der Waals surface area contributed by atoms with Gasteiger partial charge in [-0.3, -0.25) is 9.69 Å². The highest BCUT2D eigenvalue weighted by atomic mass is 32.1. The molecule has 3 rings (SSSR count). The van der Waals surface area contributed by atoms with Gasteiger partial charge in [-0.05, 0) is 49.2 Å². The number of thiophene rings is 1. The minimum atomic E-state index is 0.00426. The van der Waals surface area contributed by atoms with Crippen molar-refractivity contribution in [1.82, 2.24) is 9.80 Å². The van der Waals surface area contributed by atoms with Crippen molar-refractivity contribution in [2.75, 3.05) is 47.0 Å². The van der Waals surface area contributed by atoms with Crippen LogP contribution in [0.5, 0.6) is 0 Å². The first-order valence-electron chi connectivity index (χ1n) is 8.71. The SMILES string of the molecule is CN(C)C(=O)COCC1CC2(CCN(Cc3cccs3)CC2)CO1. The Hall–Kier alpha value is -0.950. The predicted molar refractivity (Wildman–Crippen MR) is 95.1 cm³/mol. The number of nitrogens with zero attached hydrogens (tertiary/aromatic N) is 2. The lowest BCUT2D eigenvalue weighted by Crippen LogP contribution is -2.40. The maximum absolute atomic E-state index is 11.5. The lowest BCUT2D eigenvalue weighted by atomic mass is 9.76. The summed E-state index contributed by atoms with van der Waals surface area (Å²) in [4.78, 5) is 17.1. The van der Waals surface area contributed by atoms with Crippen LogP contribution in [0.3, 0.4) is 0 Å². The first-order chi connectivity index (χ1) is 11.6. The molecule has 3 heterocycles. The van der Waals surface area contributed by atoms with Crippen molar-refractivity contribution < 1.29 is 14.3 Å². The zero-order valence-electron chi connectivity index (χ0n) is 14.7. The Morgan fingerprint density at radius 1 is 1.46 bits per heavy atom. The fraction of sp³-hybridized carbons (Fsp3) is 0.722. The smallest absolute Gasteiger partial charge is 0.248 e. The Kier molecular flexibility index (Phi) is 5.92. The summed E-state index contributed by atoms with van der Waals surface area (Å²) in [5, 5.41) is 2.15. The van der Waals surface area contributed by atoms with Crippen LogP contribution in [0.2, 0.25) is 0 Å². The van der Waals surface area contributed by atoms with E-state index in [2.05, 4.69) is 22.4 Å². The zero-order valence-corrected chi connectivity index (χ0v) is 15.5. The summed E-state index contributed by atoms with van der Waals surface area (Å²) in [6.07, 6.45) is 3.61. The largest absolute Gasteiger partial charge is 0.375 e. The molecule has 0 saturated carbocycles. The summed E-state index contributed by atoms with van der Waals surface area (Å²) in [6, 6.07) is 4.35. The van der Waals surface area contributed by atoms with Crippen LogP contribution < -0.4 is 0 Å². The number of amides is 1. The molecule has 2 aliphatic rings. The van der Waals surface area contributed by atoms with Crippen LogP contribution in [-0.2, 0) is 20.8 Å². The number of likely N-dealkylation sites (tertiary alicyclic amines) is 1. The van der Waals surface area contributed by atoms with E-state index in [0.29, 0.717) is 12.0 Å². The van der Waals surface area contributed by atoms with Gasteiger partial charge >= 0.3 is 0 Å². The number of carbonyl (C=O) groups is 1. The van der Waals surface area contributed by atoms with Gasteiger partial charge in [0.15, 0.2) is 0 Å². The molecule has 134 valence electrons. The van der Waals surface area contributed by atoms with E-state index in [1.807, 2.05) is 11.3 Å². The Morgan fingerprint density at radius 3 is 2.92 bits per heavy atom. The summed E-state index contributed by atoms with van der Waals surface area (Å²) in [5.41, 5.74) is 0.325. The van der Waals surface area contributed by atoms with E-state index in [1.54, 1.807) is 19.0 Å². The summed E-state index contributed by atoms with van der Waals surface area (Å²) in [6.45, 7) is 4.89. The first kappa shape index (κ1) is 17.9. The molecule has 24 heavy (non-hydrogen) atoms. The third kappa shape index (κ3) is 4.57. The average molecular weight is 353 g/mol. The molecule has 1 unspecified atom stereocenters. The minimum absolute atomic E-state index is 0.00426. The van der Waals surface area contributed by atoms with E-state index in [0.717, 1.165) is 32.7 Å². The van der Waals surface area contributed by atoms with Gasteiger partial charge in [-0.15, -0.1) is 11.3 Å². The normalized spacial score (nSPS) is 23.7. The van der Waals surface area contributed by atoms with Crippen LogP contribution in [0.4, 0.5) is 0 Å². The van der Waals surface area contributed by atoms with Gasteiger partial charge in [0, 0.05) is 25.5 Å². The Labute approximate surface area is 148 Å². The van der Waals surface area contributed by atoms with Crippen molar-refractivity contribution in [3.63, 3.8) is 0 Å². The van der Waals surface area contributed by atoms with Crippen LogP contribution >= 0.6 is 11.3 Å². The van der Waals surface area contributed by atoms with E-state index >= 15 is 0 Å². The predicted octanol–water partition coefficient (Wildman–Crippen LogP) is 2.22. The van der Waals surface area contributed by atoms with Crippen molar-refractivity contribution >= 4 is 17.2 Å². The minimum Gasteiger partial charge on any atom is -0.375 e. The van der Waals surface area contributed by atoms with Crippen molar-refractivity contribution in [3.8, 4) is 0 Å². The number of hydrogen-bond acceptors (Lipinski definition) is 5. The number of likely N-dealkylation sites (N-methyl/N-ethyl adjacent to an activating group) is 1. The molecule has 6 heteroatoms. The van der Waals surface area contributed by atoms with Crippen LogP contribution in [0.1, 0.15) is 24.1 Å². The standard InChI is InChI=1S/C18H28N2O3S/c1-19(2)17(21)13-22-12-15-10-18(14-23-15)5-7-20(8-6-18)11-16-4-3-9-24-16/h3-4,9,15H,5-8,10-14H2,1-2H3. The summed E-state index contributed by atoms with van der Waals surface area (Å²) in [5.74, 6) is 0.00426. The first-order valence-corrected chi connectivity index (χ1v) is 9.59. The number of rotatable bonds is 6. The molecular formula is C18H28N2O3S. The average Bonchev–Trinajstić information content (AvgIpc) is 3.20. The molecule has 5 nitrogen and oxygen atoms in total. The monoisotopic (exact) mass is 352 g/mol. The highest BCUT2D eigenvalue weighted by Crippen LogP contribution is 2.42. The molecule has 0 bridgehead atoms. The summed E-state index contributed by atoms with van der Waals surface area (Å²) >= 11 is 1.84. The second kappa shape index (κ2) is 7.95. The van der Waals surface area contributed by atoms with Gasteiger partial charge < -0.3 is 14.4 Å². The molecule has 0 N–H and O–H groups in total. The van der Waals surface area contributed by atoms with Gasteiger partial charge in [0.2, 0.25) is 5.91 Å². The van der Waals surface area contributed by atoms with E-state index in [4.69, 9.17) is 9.47 Å². The van der Waals surface area contributed by atoms with Crippen molar-refractivity contribution in [2.45, 2.75) is 31.9 Å². The van der Waals surface area contributed by atoms with Gasteiger partial charge in [0.05, 0.1) is 19.3 Å². The fourth-order valence-electron chi connectivity index (χ4n) is 3.57. The molecule has 1 amide bonds. The number of hydrogen-bond donors (Lipinski definition) is 0. The molecule has 1 aromatic heterocycles. The van der Waals surface area contributed by atoms with Crippen LogP contribution in [-0.4, -0.2) is 68.8 Å². The Bertz CT molecular complexity index is 524. The van der Waals surface area contributed by atoms with Crippen molar-refractivity contribution in [2.24, 2.45) is 5.41 Å². The second-order valence-corrected chi connectivity index (χ2v) is 8.33. The quantitative estimate of drug-likeness (QED) is 0.787. The highest BCUT2D eigenvalue weighted by molar-refractivity contribution is 7.09. The second-order valence-electron chi connectivity index (χ2n) is 7.30. The van der Waals surface area contributed by atoms with E-state index in [1.165, 1.54) is 17.7 Å². The van der Waals surface area contributed by atoms with Gasteiger partial charge in [-0.1, -0.05) is 6.07 Å². The maximum Gasteiger partial charge on any atom is 0.248 e. The van der Waals surface area contributed by atoms with Crippen molar-refractivity contribution in [3.05, 3.63) is 22.4 Å². The Morgan fingerprint density at radius 2 is 2.25 bits per heavy atom. The zero-order chi connectivity index (χ0) is 17.0.